The van der Waals surface area contributed by atoms with Crippen LogP contribution in [-0.4, -0.2) is 23.5 Å². The van der Waals surface area contributed by atoms with E-state index in [2.05, 4.69) is 18.9 Å². The molecule has 1 aromatic carbocycles. The number of rotatable bonds is 7. The van der Waals surface area contributed by atoms with E-state index in [9.17, 15) is 0 Å². The second-order valence-corrected chi connectivity index (χ2v) is 4.74. The van der Waals surface area contributed by atoms with Crippen LogP contribution in [0.15, 0.2) is 24.3 Å². The number of nitrogens with two attached hydrogens (primary N) is 1. The van der Waals surface area contributed by atoms with Crippen LogP contribution in [0.5, 0.6) is 11.5 Å². The second kappa shape index (κ2) is 7.02. The van der Waals surface area contributed by atoms with Crippen molar-refractivity contribution >= 4 is 5.69 Å². The number of nitrogen functional groups attached to an aromatic ring is 1. The molecule has 0 fully saturated rings. The molecule has 0 atom stereocenters. The summed E-state index contributed by atoms with van der Waals surface area (Å²) < 4.78 is 13.0. The summed E-state index contributed by atoms with van der Waals surface area (Å²) in [6.07, 6.45) is 1.71. The molecule has 21 heavy (non-hydrogen) atoms. The second-order valence-electron chi connectivity index (χ2n) is 4.74. The van der Waals surface area contributed by atoms with Crippen LogP contribution in [0.4, 0.5) is 5.69 Å². The summed E-state index contributed by atoms with van der Waals surface area (Å²) in [6.45, 7) is 5.35. The number of aryl methyl sites for hydroxylation is 1. The first kappa shape index (κ1) is 15.2. The summed E-state index contributed by atoms with van der Waals surface area (Å²) in [5.41, 5.74) is 8.97. The predicted octanol–water partition coefficient (Wildman–Crippen LogP) is 2.68. The fourth-order valence-corrected chi connectivity index (χ4v) is 2.36. The van der Waals surface area contributed by atoms with E-state index in [1.54, 1.807) is 7.11 Å². The maximum atomic E-state index is 6.11. The van der Waals surface area contributed by atoms with Crippen molar-refractivity contribution in [3.8, 4) is 11.5 Å². The molecule has 0 saturated heterocycles. The van der Waals surface area contributed by atoms with Gasteiger partial charge in [0, 0.05) is 0 Å². The molecule has 2 aromatic rings. The number of aromatic nitrogens is 2. The molecule has 0 saturated carbocycles. The highest BCUT2D eigenvalue weighted by molar-refractivity contribution is 5.48. The van der Waals surface area contributed by atoms with Crippen molar-refractivity contribution < 1.29 is 9.47 Å². The largest absolute Gasteiger partial charge is 0.493 e. The lowest BCUT2D eigenvalue weighted by molar-refractivity contribution is 0.272. The Labute approximate surface area is 125 Å². The zero-order valence-corrected chi connectivity index (χ0v) is 12.9. The van der Waals surface area contributed by atoms with Gasteiger partial charge in [0.2, 0.25) is 0 Å². The van der Waals surface area contributed by atoms with Crippen LogP contribution in [0.2, 0.25) is 0 Å². The molecule has 114 valence electrons. The van der Waals surface area contributed by atoms with Gasteiger partial charge in [0.25, 0.3) is 0 Å². The molecule has 5 heteroatoms. The number of methoxy groups -OCH3 is 1. The molecule has 1 aromatic heterocycles. The Balaban J connectivity index is 2.03. The summed E-state index contributed by atoms with van der Waals surface area (Å²) >= 11 is 0. The van der Waals surface area contributed by atoms with Crippen molar-refractivity contribution in [3.63, 3.8) is 0 Å². The first-order valence-electron chi connectivity index (χ1n) is 7.31. The summed E-state index contributed by atoms with van der Waals surface area (Å²) in [5.74, 6) is 1.48. The molecule has 0 bridgehead atoms. The number of nitrogens with zero attached hydrogens (tertiary/aromatic N) is 2. The molecule has 0 spiro atoms. The Kier molecular flexibility index (Phi) is 5.09. The lowest BCUT2D eigenvalue weighted by Gasteiger charge is -2.11. The molecule has 5 nitrogen and oxygen atoms in total. The van der Waals surface area contributed by atoms with Crippen LogP contribution in [0.3, 0.4) is 0 Å². The van der Waals surface area contributed by atoms with E-state index >= 15 is 0 Å². The normalized spacial score (nSPS) is 10.6. The van der Waals surface area contributed by atoms with Crippen molar-refractivity contribution in [1.29, 1.82) is 0 Å². The summed E-state index contributed by atoms with van der Waals surface area (Å²) in [4.78, 5) is 0. The minimum Gasteiger partial charge on any atom is -0.493 e. The highest BCUT2D eigenvalue weighted by atomic mass is 16.5. The van der Waals surface area contributed by atoms with Crippen molar-refractivity contribution in [2.24, 2.45) is 0 Å². The van der Waals surface area contributed by atoms with Crippen LogP contribution in [0.25, 0.3) is 0 Å². The minimum atomic E-state index is 0.525. The average molecular weight is 289 g/mol. The third kappa shape index (κ3) is 3.29. The van der Waals surface area contributed by atoms with Crippen LogP contribution >= 0.6 is 0 Å². The number of hydrogen-bond donors (Lipinski definition) is 1. The number of ether oxygens (including phenoxy) is 2. The van der Waals surface area contributed by atoms with E-state index in [1.807, 2.05) is 28.9 Å². The SMILES string of the molecule is CCc1nn(CCOc2ccccc2OC)c(CC)c1N. The van der Waals surface area contributed by atoms with E-state index < -0.39 is 0 Å². The first-order valence-corrected chi connectivity index (χ1v) is 7.31. The number of benzene rings is 1. The van der Waals surface area contributed by atoms with Crippen molar-refractivity contribution in [3.05, 3.63) is 35.7 Å². The summed E-state index contributed by atoms with van der Waals surface area (Å²) in [5, 5.41) is 4.55. The topological polar surface area (TPSA) is 62.3 Å². The van der Waals surface area contributed by atoms with E-state index in [-0.39, 0.29) is 0 Å². The molecule has 0 amide bonds. The van der Waals surface area contributed by atoms with Crippen LogP contribution in [0, 0.1) is 0 Å². The predicted molar refractivity (Wildman–Crippen MR) is 83.9 cm³/mol. The summed E-state index contributed by atoms with van der Waals surface area (Å²) in [6, 6.07) is 7.63. The van der Waals surface area contributed by atoms with Crippen LogP contribution < -0.4 is 15.2 Å². The lowest BCUT2D eigenvalue weighted by Crippen LogP contribution is -2.12. The third-order valence-corrected chi connectivity index (χ3v) is 3.47. The van der Waals surface area contributed by atoms with E-state index in [4.69, 9.17) is 15.2 Å². The smallest absolute Gasteiger partial charge is 0.161 e. The van der Waals surface area contributed by atoms with Gasteiger partial charge in [-0.05, 0) is 25.0 Å². The maximum Gasteiger partial charge on any atom is 0.161 e. The molecule has 0 aliphatic rings. The Bertz CT molecular complexity index is 593. The molecular formula is C16H23N3O2. The van der Waals surface area contributed by atoms with Gasteiger partial charge in [0.1, 0.15) is 6.61 Å². The highest BCUT2D eigenvalue weighted by Crippen LogP contribution is 2.26. The van der Waals surface area contributed by atoms with E-state index in [1.165, 1.54) is 0 Å². The van der Waals surface area contributed by atoms with Crippen molar-refractivity contribution in [2.75, 3.05) is 19.5 Å². The zero-order chi connectivity index (χ0) is 15.2. The monoisotopic (exact) mass is 289 g/mol. The number of para-hydroxylation sites is 2. The molecular weight excluding hydrogens is 266 g/mol. The molecule has 1 heterocycles. The van der Waals surface area contributed by atoms with Gasteiger partial charge in [-0.15, -0.1) is 0 Å². The Morgan fingerprint density at radius 1 is 1.14 bits per heavy atom. The Morgan fingerprint density at radius 2 is 1.86 bits per heavy atom. The van der Waals surface area contributed by atoms with Gasteiger partial charge in [-0.25, -0.2) is 0 Å². The van der Waals surface area contributed by atoms with Gasteiger partial charge >= 0.3 is 0 Å². The quantitative estimate of drug-likeness (QED) is 0.851. The molecule has 2 N–H and O–H groups in total. The lowest BCUT2D eigenvalue weighted by atomic mass is 10.2. The Hall–Kier alpha value is -2.17. The summed E-state index contributed by atoms with van der Waals surface area (Å²) in [7, 11) is 1.64. The van der Waals surface area contributed by atoms with Gasteiger partial charge in [-0.2, -0.15) is 5.10 Å². The third-order valence-electron chi connectivity index (χ3n) is 3.47. The molecule has 2 rings (SSSR count). The van der Waals surface area contributed by atoms with Crippen LogP contribution in [-0.2, 0) is 19.4 Å². The van der Waals surface area contributed by atoms with Gasteiger partial charge in [-0.3, -0.25) is 4.68 Å². The van der Waals surface area contributed by atoms with Crippen molar-refractivity contribution in [2.45, 2.75) is 33.2 Å². The average Bonchev–Trinajstić information content (AvgIpc) is 2.83. The van der Waals surface area contributed by atoms with Gasteiger partial charge in [-0.1, -0.05) is 26.0 Å². The van der Waals surface area contributed by atoms with E-state index in [0.29, 0.717) is 13.2 Å². The fraction of sp³-hybridized carbons (Fsp3) is 0.438. The standard InChI is InChI=1S/C16H23N3O2/c1-4-12-16(17)13(5-2)19(18-12)10-11-21-15-9-7-6-8-14(15)20-3/h6-9H,4-5,10-11,17H2,1-3H3. The molecule has 0 aliphatic heterocycles. The number of anilines is 1. The Morgan fingerprint density at radius 3 is 2.48 bits per heavy atom. The van der Waals surface area contributed by atoms with E-state index in [0.717, 1.165) is 41.4 Å². The number of hydrogen-bond acceptors (Lipinski definition) is 4. The van der Waals surface area contributed by atoms with Crippen LogP contribution in [0.1, 0.15) is 25.2 Å². The molecule has 0 aliphatic carbocycles. The fourth-order valence-electron chi connectivity index (χ4n) is 2.36. The van der Waals surface area contributed by atoms with Gasteiger partial charge in [0.15, 0.2) is 11.5 Å². The molecule has 0 unspecified atom stereocenters. The maximum absolute atomic E-state index is 6.11. The van der Waals surface area contributed by atoms with Crippen molar-refractivity contribution in [1.82, 2.24) is 9.78 Å². The highest BCUT2D eigenvalue weighted by Gasteiger charge is 2.12. The minimum absolute atomic E-state index is 0.525. The zero-order valence-electron chi connectivity index (χ0n) is 12.9. The van der Waals surface area contributed by atoms with Gasteiger partial charge in [0.05, 0.1) is 30.7 Å². The first-order chi connectivity index (χ1) is 10.2. The molecule has 0 radical (unpaired) electrons. The van der Waals surface area contributed by atoms with Gasteiger partial charge < -0.3 is 15.2 Å².